The van der Waals surface area contributed by atoms with Gasteiger partial charge in [0.2, 0.25) is 11.8 Å². The molecule has 2 aromatic carbocycles. The van der Waals surface area contributed by atoms with Gasteiger partial charge >= 0.3 is 5.97 Å². The monoisotopic (exact) mass is 410 g/mol. The summed E-state index contributed by atoms with van der Waals surface area (Å²) < 4.78 is 24.0. The Bertz CT molecular complexity index is 1060. The van der Waals surface area contributed by atoms with E-state index in [1.165, 1.54) is 12.1 Å². The molecule has 1 aliphatic rings. The molecule has 0 radical (unpaired) electrons. The summed E-state index contributed by atoms with van der Waals surface area (Å²) in [6, 6.07) is 11.7. The standard InChI is InChI=1S/C23H23FN2O4/c1-2-29-22(28)12-11-21(27)26-13-3-4-19(26)23-25-18-14-16(7-10-20(18)30-23)15-5-8-17(24)9-6-15/h5-10,14,19H,2-4,11-13H2,1H3. The lowest BCUT2D eigenvalue weighted by atomic mass is 10.1. The third-order valence-corrected chi connectivity index (χ3v) is 5.29. The average molecular weight is 410 g/mol. The van der Waals surface area contributed by atoms with Crippen molar-refractivity contribution in [2.24, 2.45) is 0 Å². The number of carbonyl (C=O) groups excluding carboxylic acids is 2. The Hall–Kier alpha value is -3.22. The van der Waals surface area contributed by atoms with E-state index >= 15 is 0 Å². The molecular weight excluding hydrogens is 387 g/mol. The van der Waals surface area contributed by atoms with Crippen LogP contribution in [0.5, 0.6) is 0 Å². The van der Waals surface area contributed by atoms with Crippen LogP contribution >= 0.6 is 0 Å². The van der Waals surface area contributed by atoms with Crippen molar-refractivity contribution >= 4 is 23.0 Å². The van der Waals surface area contributed by atoms with E-state index in [-0.39, 0.29) is 36.6 Å². The number of hydrogen-bond donors (Lipinski definition) is 0. The second-order valence-corrected chi connectivity index (χ2v) is 7.29. The maximum Gasteiger partial charge on any atom is 0.306 e. The van der Waals surface area contributed by atoms with Crippen molar-refractivity contribution in [2.45, 2.75) is 38.6 Å². The molecule has 0 N–H and O–H groups in total. The summed E-state index contributed by atoms with van der Waals surface area (Å²) in [5.74, 6) is -0.239. The minimum Gasteiger partial charge on any atom is -0.466 e. The van der Waals surface area contributed by atoms with Crippen molar-refractivity contribution in [1.29, 1.82) is 0 Å². The first-order valence-electron chi connectivity index (χ1n) is 10.2. The molecule has 4 rings (SSSR count). The van der Waals surface area contributed by atoms with Crippen LogP contribution in [0.1, 0.15) is 44.5 Å². The van der Waals surface area contributed by atoms with Crippen molar-refractivity contribution in [3.8, 4) is 11.1 Å². The van der Waals surface area contributed by atoms with Crippen molar-refractivity contribution in [1.82, 2.24) is 9.88 Å². The zero-order chi connectivity index (χ0) is 21.1. The molecule has 1 atom stereocenters. The molecular formula is C23H23FN2O4. The molecule has 0 saturated carbocycles. The number of aromatic nitrogens is 1. The smallest absolute Gasteiger partial charge is 0.306 e. The fraction of sp³-hybridized carbons (Fsp3) is 0.348. The predicted octanol–water partition coefficient (Wildman–Crippen LogP) is 4.64. The molecule has 1 fully saturated rings. The van der Waals surface area contributed by atoms with E-state index in [2.05, 4.69) is 4.98 Å². The van der Waals surface area contributed by atoms with Gasteiger partial charge in [-0.3, -0.25) is 9.59 Å². The largest absolute Gasteiger partial charge is 0.466 e. The summed E-state index contributed by atoms with van der Waals surface area (Å²) >= 11 is 0. The van der Waals surface area contributed by atoms with Crippen LogP contribution in [0, 0.1) is 5.82 Å². The van der Waals surface area contributed by atoms with Crippen molar-refractivity contribution in [2.75, 3.05) is 13.2 Å². The Morgan fingerprint density at radius 1 is 1.17 bits per heavy atom. The summed E-state index contributed by atoms with van der Waals surface area (Å²) in [6.07, 6.45) is 1.81. The second kappa shape index (κ2) is 8.65. The maximum atomic E-state index is 13.2. The fourth-order valence-corrected chi connectivity index (χ4v) is 3.82. The van der Waals surface area contributed by atoms with Gasteiger partial charge < -0.3 is 14.1 Å². The highest BCUT2D eigenvalue weighted by molar-refractivity contribution is 5.82. The Kier molecular flexibility index (Phi) is 5.79. The Morgan fingerprint density at radius 2 is 1.93 bits per heavy atom. The molecule has 1 amide bonds. The molecule has 1 saturated heterocycles. The first kappa shape index (κ1) is 20.1. The highest BCUT2D eigenvalue weighted by Crippen LogP contribution is 2.34. The molecule has 1 aromatic heterocycles. The number of hydrogen-bond acceptors (Lipinski definition) is 5. The van der Waals surface area contributed by atoms with Crippen molar-refractivity contribution in [3.63, 3.8) is 0 Å². The van der Waals surface area contributed by atoms with Gasteiger partial charge in [0, 0.05) is 13.0 Å². The summed E-state index contributed by atoms with van der Waals surface area (Å²) in [7, 11) is 0. The minimum absolute atomic E-state index is 0.0739. The molecule has 0 aliphatic carbocycles. The molecule has 7 heteroatoms. The molecule has 1 aliphatic heterocycles. The Labute approximate surface area is 173 Å². The van der Waals surface area contributed by atoms with Crippen LogP contribution in [0.25, 0.3) is 22.2 Å². The van der Waals surface area contributed by atoms with Gasteiger partial charge in [0.05, 0.1) is 13.0 Å². The van der Waals surface area contributed by atoms with Gasteiger partial charge in [-0.1, -0.05) is 18.2 Å². The number of fused-ring (bicyclic) bond motifs is 1. The van der Waals surface area contributed by atoms with Crippen LogP contribution in [0.2, 0.25) is 0 Å². The zero-order valence-corrected chi connectivity index (χ0v) is 16.8. The fourth-order valence-electron chi connectivity index (χ4n) is 3.82. The quantitative estimate of drug-likeness (QED) is 0.554. The lowest BCUT2D eigenvalue weighted by Gasteiger charge is -2.22. The molecule has 156 valence electrons. The Balaban J connectivity index is 1.52. The molecule has 0 spiro atoms. The van der Waals surface area contributed by atoms with Gasteiger partial charge in [-0.05, 0) is 55.2 Å². The van der Waals surface area contributed by atoms with Crippen LogP contribution < -0.4 is 0 Å². The SMILES string of the molecule is CCOC(=O)CCC(=O)N1CCCC1c1nc2cc(-c3ccc(F)cc3)ccc2o1. The van der Waals surface area contributed by atoms with E-state index in [9.17, 15) is 14.0 Å². The number of rotatable bonds is 6. The minimum atomic E-state index is -0.364. The van der Waals surface area contributed by atoms with Gasteiger partial charge in [0.15, 0.2) is 5.58 Å². The maximum absolute atomic E-state index is 13.2. The average Bonchev–Trinajstić information content (AvgIpc) is 3.39. The van der Waals surface area contributed by atoms with E-state index in [0.717, 1.165) is 24.0 Å². The lowest BCUT2D eigenvalue weighted by molar-refractivity contribution is -0.146. The zero-order valence-electron chi connectivity index (χ0n) is 16.8. The molecule has 30 heavy (non-hydrogen) atoms. The number of benzene rings is 2. The first-order valence-corrected chi connectivity index (χ1v) is 10.2. The number of amides is 1. The van der Waals surface area contributed by atoms with Crippen LogP contribution in [0.4, 0.5) is 4.39 Å². The van der Waals surface area contributed by atoms with Crippen LogP contribution in [-0.4, -0.2) is 34.9 Å². The van der Waals surface area contributed by atoms with Crippen LogP contribution in [-0.2, 0) is 14.3 Å². The van der Waals surface area contributed by atoms with E-state index in [1.54, 1.807) is 24.0 Å². The lowest BCUT2D eigenvalue weighted by Crippen LogP contribution is -2.31. The highest BCUT2D eigenvalue weighted by Gasteiger charge is 2.33. The number of carbonyl (C=O) groups is 2. The first-order chi connectivity index (χ1) is 14.5. The number of nitrogens with zero attached hydrogens (tertiary/aromatic N) is 2. The van der Waals surface area contributed by atoms with Gasteiger partial charge in [-0.2, -0.15) is 0 Å². The normalized spacial score (nSPS) is 16.2. The summed E-state index contributed by atoms with van der Waals surface area (Å²) in [5, 5.41) is 0. The molecule has 0 bridgehead atoms. The van der Waals surface area contributed by atoms with Gasteiger partial charge in [0.25, 0.3) is 0 Å². The summed E-state index contributed by atoms with van der Waals surface area (Å²) in [6.45, 7) is 2.67. The van der Waals surface area contributed by atoms with Crippen LogP contribution in [0.15, 0.2) is 46.9 Å². The highest BCUT2D eigenvalue weighted by atomic mass is 19.1. The van der Waals surface area contributed by atoms with Gasteiger partial charge in [0.1, 0.15) is 17.4 Å². The number of esters is 1. The second-order valence-electron chi connectivity index (χ2n) is 7.29. The summed E-state index contributed by atoms with van der Waals surface area (Å²) in [5.41, 5.74) is 3.13. The van der Waals surface area contributed by atoms with Crippen molar-refractivity contribution < 1.29 is 23.1 Å². The third kappa shape index (κ3) is 4.20. The molecule has 6 nitrogen and oxygen atoms in total. The number of oxazole rings is 1. The van der Waals surface area contributed by atoms with Gasteiger partial charge in [-0.25, -0.2) is 9.37 Å². The third-order valence-electron chi connectivity index (χ3n) is 5.29. The van der Waals surface area contributed by atoms with E-state index < -0.39 is 0 Å². The topological polar surface area (TPSA) is 72.6 Å². The molecule has 3 aromatic rings. The Morgan fingerprint density at radius 3 is 2.70 bits per heavy atom. The van der Waals surface area contributed by atoms with Gasteiger partial charge in [-0.15, -0.1) is 0 Å². The van der Waals surface area contributed by atoms with Crippen molar-refractivity contribution in [3.05, 3.63) is 54.2 Å². The van der Waals surface area contributed by atoms with Crippen LogP contribution in [0.3, 0.4) is 0 Å². The predicted molar refractivity (Wildman–Crippen MR) is 109 cm³/mol. The van der Waals surface area contributed by atoms with E-state index in [1.807, 2.05) is 18.2 Å². The number of halogens is 1. The molecule has 2 heterocycles. The summed E-state index contributed by atoms with van der Waals surface area (Å²) in [4.78, 5) is 30.6. The number of likely N-dealkylation sites (tertiary alicyclic amines) is 1. The number of ether oxygens (including phenoxy) is 1. The van der Waals surface area contributed by atoms with E-state index in [0.29, 0.717) is 30.1 Å². The van der Waals surface area contributed by atoms with E-state index in [4.69, 9.17) is 9.15 Å². The molecule has 1 unspecified atom stereocenters.